The van der Waals surface area contributed by atoms with Gasteiger partial charge in [0.05, 0.1) is 0 Å². The molecule has 5 heteroatoms. The van der Waals surface area contributed by atoms with Crippen LogP contribution in [0, 0.1) is 41.7 Å². The zero-order valence-electron chi connectivity index (χ0n) is 3.72. The van der Waals surface area contributed by atoms with E-state index < -0.39 is 0 Å². The predicted molar refractivity (Wildman–Crippen MR) is 22.9 cm³/mol. The average Bonchev–Trinajstić information content (AvgIpc) is 0. The summed E-state index contributed by atoms with van der Waals surface area (Å²) in [5.41, 5.74) is 0. The summed E-state index contributed by atoms with van der Waals surface area (Å²) in [7, 11) is 0. The molecule has 0 spiro atoms. The van der Waals surface area contributed by atoms with Crippen molar-refractivity contribution in [2.24, 2.45) is 0 Å². The Morgan fingerprint density at radius 2 is 0.800 bits per heavy atom. The smallest absolute Gasteiger partial charge is 1.00 e. The second kappa shape index (κ2) is 26.8. The maximum atomic E-state index is 0. The summed E-state index contributed by atoms with van der Waals surface area (Å²) < 4.78 is 0. The Morgan fingerprint density at radius 3 is 0.800 bits per heavy atom. The van der Waals surface area contributed by atoms with Crippen molar-refractivity contribution < 1.29 is 72.7 Å². The Morgan fingerprint density at radius 1 is 0.800 bits per heavy atom. The van der Waals surface area contributed by atoms with Crippen molar-refractivity contribution in [1.82, 2.24) is 0 Å². The van der Waals surface area contributed by atoms with Gasteiger partial charge in [0.2, 0.25) is 0 Å². The van der Waals surface area contributed by atoms with E-state index in [2.05, 4.69) is 0 Å². The summed E-state index contributed by atoms with van der Waals surface area (Å²) in [6, 6.07) is 0. The number of hydrogen-bond donors (Lipinski definition) is 0. The fraction of sp³-hybridized carbons (Fsp3) is 0. The Hall–Kier alpha value is 3.25. The molecule has 0 rings (SSSR count). The molecule has 0 heterocycles. The number of rotatable bonds is 0. The Balaban J connectivity index is 0. The van der Waals surface area contributed by atoms with Crippen LogP contribution >= 0.6 is 37.2 Å². The summed E-state index contributed by atoms with van der Waals surface area (Å²) in [6.07, 6.45) is 0. The van der Waals surface area contributed by atoms with Crippen molar-refractivity contribution in [3.05, 3.63) is 0 Å². The minimum Gasteiger partial charge on any atom is -1.00 e. The third kappa shape index (κ3) is 18.9. The van der Waals surface area contributed by atoms with Gasteiger partial charge in [0.25, 0.3) is 0 Å². The summed E-state index contributed by atoms with van der Waals surface area (Å²) in [5.74, 6) is 0. The van der Waals surface area contributed by atoms with Crippen molar-refractivity contribution >= 4 is 37.2 Å². The van der Waals surface area contributed by atoms with Crippen LogP contribution < -0.4 is 29.6 Å². The van der Waals surface area contributed by atoms with Crippen molar-refractivity contribution in [3.8, 4) is 0 Å². The molecule has 0 aliphatic heterocycles. The van der Waals surface area contributed by atoms with Crippen LogP contribution in [-0.4, -0.2) is 0 Å². The van der Waals surface area contributed by atoms with E-state index in [9.17, 15) is 0 Å². The SMILES string of the molecule is Cl.Cl.Cl.[Ce].[H-].[Na+]. The van der Waals surface area contributed by atoms with Gasteiger partial charge in [-0.3, -0.25) is 0 Å². The van der Waals surface area contributed by atoms with Crippen LogP contribution in [0.25, 0.3) is 0 Å². The predicted octanol–water partition coefficient (Wildman–Crippen LogP) is -1.62. The molecule has 0 amide bonds. The molecule has 0 atom stereocenters. The molecule has 0 radical (unpaired) electrons. The van der Waals surface area contributed by atoms with Crippen LogP contribution in [0.15, 0.2) is 0 Å². The monoisotopic (exact) mass is 272 g/mol. The molecule has 0 nitrogen and oxygen atoms in total. The van der Waals surface area contributed by atoms with Crippen molar-refractivity contribution in [2.45, 2.75) is 0 Å². The second-order valence-electron chi connectivity index (χ2n) is 0. The molecule has 0 saturated carbocycles. The Bertz CT molecular complexity index is 10.8. The molecule has 0 aromatic carbocycles. The van der Waals surface area contributed by atoms with E-state index in [1.165, 1.54) is 0 Å². The van der Waals surface area contributed by atoms with Crippen molar-refractivity contribution in [1.29, 1.82) is 0 Å². The summed E-state index contributed by atoms with van der Waals surface area (Å²) in [6.45, 7) is 0. The van der Waals surface area contributed by atoms with Gasteiger partial charge in [-0.25, -0.2) is 0 Å². The molecule has 0 aromatic heterocycles. The Kier molecular flexibility index (Phi) is 220. The van der Waals surface area contributed by atoms with Gasteiger partial charge < -0.3 is 1.43 Å². The van der Waals surface area contributed by atoms with E-state index in [1.807, 2.05) is 0 Å². The maximum absolute atomic E-state index is 0. The molecule has 5 heavy (non-hydrogen) atoms. The summed E-state index contributed by atoms with van der Waals surface area (Å²) in [5, 5.41) is 0. The van der Waals surface area contributed by atoms with E-state index >= 15 is 0 Å². The fourth-order valence-corrected chi connectivity index (χ4v) is 0. The topological polar surface area (TPSA) is 0 Å². The fourth-order valence-electron chi connectivity index (χ4n) is 0. The zero-order chi connectivity index (χ0) is 0. The van der Waals surface area contributed by atoms with Gasteiger partial charge in [-0.1, -0.05) is 0 Å². The minimum atomic E-state index is 0. The van der Waals surface area contributed by atoms with Gasteiger partial charge in [-0.05, 0) is 0 Å². The number of hydrogen-bond acceptors (Lipinski definition) is 0. The van der Waals surface area contributed by atoms with E-state index in [0.29, 0.717) is 0 Å². The molecular formula is H4CeCl3Na. The van der Waals surface area contributed by atoms with Gasteiger partial charge >= 0.3 is 29.6 Å². The average molecular weight is 273 g/mol. The van der Waals surface area contributed by atoms with Gasteiger partial charge in [-0.2, -0.15) is 0 Å². The normalized spacial score (nSPS) is 0. The van der Waals surface area contributed by atoms with Crippen LogP contribution in [0.5, 0.6) is 0 Å². The largest absolute Gasteiger partial charge is 1.00 e. The van der Waals surface area contributed by atoms with Crippen molar-refractivity contribution in [3.63, 3.8) is 0 Å². The molecule has 0 aliphatic carbocycles. The third-order valence-corrected chi connectivity index (χ3v) is 0. The molecule has 0 aliphatic rings. The van der Waals surface area contributed by atoms with Crippen LogP contribution in [0.2, 0.25) is 0 Å². The van der Waals surface area contributed by atoms with Gasteiger partial charge in [0.1, 0.15) is 0 Å². The van der Waals surface area contributed by atoms with Crippen molar-refractivity contribution in [2.75, 3.05) is 0 Å². The number of halogens is 3. The quantitative estimate of drug-likeness (QED) is 0.466. The maximum Gasteiger partial charge on any atom is 1.00 e. The van der Waals surface area contributed by atoms with Gasteiger partial charge in [0.15, 0.2) is 0 Å². The second-order valence-corrected chi connectivity index (χ2v) is 0. The first-order valence-electron chi connectivity index (χ1n) is 0. The first kappa shape index (κ1) is 41.1. The minimum absolute atomic E-state index is 0. The van der Waals surface area contributed by atoms with E-state index in [0.717, 1.165) is 0 Å². The molecule has 0 fully saturated rings. The third-order valence-electron chi connectivity index (χ3n) is 0. The molecule has 0 bridgehead atoms. The summed E-state index contributed by atoms with van der Waals surface area (Å²) in [4.78, 5) is 0. The van der Waals surface area contributed by atoms with Crippen LogP contribution in [0.1, 0.15) is 1.43 Å². The van der Waals surface area contributed by atoms with E-state index in [4.69, 9.17) is 0 Å². The van der Waals surface area contributed by atoms with Crippen LogP contribution in [0.4, 0.5) is 0 Å². The summed E-state index contributed by atoms with van der Waals surface area (Å²) >= 11 is 0. The molecule has 0 saturated heterocycles. The van der Waals surface area contributed by atoms with E-state index in [-0.39, 0.29) is 110 Å². The van der Waals surface area contributed by atoms with Gasteiger partial charge in [0, 0.05) is 41.7 Å². The molecule has 0 N–H and O–H groups in total. The molecular weight excluding hydrogens is 269 g/mol. The van der Waals surface area contributed by atoms with Gasteiger partial charge in [-0.15, -0.1) is 37.2 Å². The molecule has 30 valence electrons. The standard InChI is InChI=1S/Ce.3ClH.Na.H/h;3*1H;;/q;;;;+1;-1. The first-order valence-corrected chi connectivity index (χ1v) is 0. The van der Waals surface area contributed by atoms with Crippen LogP contribution in [0.3, 0.4) is 0 Å². The molecule has 0 aromatic rings. The van der Waals surface area contributed by atoms with Crippen LogP contribution in [-0.2, 0) is 0 Å². The first-order chi connectivity index (χ1) is 0. The zero-order valence-corrected chi connectivity index (χ0v) is 10.3. The Labute approximate surface area is 108 Å². The van der Waals surface area contributed by atoms with E-state index in [1.54, 1.807) is 0 Å². The molecule has 0 unspecified atom stereocenters.